The Bertz CT molecular complexity index is 1200. The molecule has 2 heterocycles. The van der Waals surface area contributed by atoms with Crippen LogP contribution in [-0.2, 0) is 23.0 Å². The number of rotatable bonds is 10. The second-order valence-corrected chi connectivity index (χ2v) is 11.3. The van der Waals surface area contributed by atoms with Gasteiger partial charge >= 0.3 is 0 Å². The minimum atomic E-state index is -3.50. The molecule has 1 aliphatic rings. The highest BCUT2D eigenvalue weighted by Gasteiger charge is 2.26. The molecule has 1 fully saturated rings. The van der Waals surface area contributed by atoms with Crippen molar-refractivity contribution in [3.05, 3.63) is 71.5 Å². The largest absolute Gasteiger partial charge is 0.306 e. The number of sulfonamides is 1. The number of aromatic nitrogens is 3. The molecule has 1 aromatic heterocycles. The fourth-order valence-electron chi connectivity index (χ4n) is 4.06. The fraction of sp³-hybridized carbons (Fsp3) is 0.400. The van der Waals surface area contributed by atoms with Gasteiger partial charge in [-0.3, -0.25) is 4.79 Å². The van der Waals surface area contributed by atoms with Crippen molar-refractivity contribution in [2.24, 2.45) is 0 Å². The van der Waals surface area contributed by atoms with Gasteiger partial charge < -0.3 is 4.57 Å². The summed E-state index contributed by atoms with van der Waals surface area (Å²) < 4.78 is 29.3. The molecule has 3 aromatic rings. The van der Waals surface area contributed by atoms with E-state index in [9.17, 15) is 13.2 Å². The van der Waals surface area contributed by atoms with Crippen LogP contribution in [0.4, 0.5) is 0 Å². The number of benzene rings is 2. The molecule has 0 radical (unpaired) electrons. The van der Waals surface area contributed by atoms with Gasteiger partial charge in [-0.05, 0) is 37.0 Å². The van der Waals surface area contributed by atoms with E-state index >= 15 is 0 Å². The first-order valence-corrected chi connectivity index (χ1v) is 14.1. The van der Waals surface area contributed by atoms with Gasteiger partial charge in [0.15, 0.2) is 10.9 Å². The average Bonchev–Trinajstić information content (AvgIpc) is 3.25. The maximum absolute atomic E-state index is 12.8. The number of carbonyl (C=O) groups is 1. The first-order chi connectivity index (χ1) is 16.5. The summed E-state index contributed by atoms with van der Waals surface area (Å²) in [5.74, 6) is 1.03. The molecular formula is C25H30N4O3S2. The molecule has 0 bridgehead atoms. The van der Waals surface area contributed by atoms with Crippen LogP contribution in [0.1, 0.15) is 54.4 Å². The van der Waals surface area contributed by atoms with Gasteiger partial charge in [-0.2, -0.15) is 4.31 Å². The average molecular weight is 499 g/mol. The van der Waals surface area contributed by atoms with Gasteiger partial charge in [-0.25, -0.2) is 8.42 Å². The predicted octanol–water partition coefficient (Wildman–Crippen LogP) is 4.43. The molecule has 7 nitrogen and oxygen atoms in total. The van der Waals surface area contributed by atoms with Gasteiger partial charge in [0.25, 0.3) is 0 Å². The summed E-state index contributed by atoms with van der Waals surface area (Å²) in [5, 5.41) is 9.43. The van der Waals surface area contributed by atoms with Crippen molar-refractivity contribution in [3.8, 4) is 0 Å². The Hall–Kier alpha value is -2.49. The topological polar surface area (TPSA) is 85.2 Å². The van der Waals surface area contributed by atoms with Crippen LogP contribution in [0.3, 0.4) is 0 Å². The number of Topliss-reactive ketones (excluding diaryl/α,β-unsaturated/α-hetero) is 1. The molecule has 2 aromatic carbocycles. The summed E-state index contributed by atoms with van der Waals surface area (Å²) in [6, 6.07) is 16.4. The van der Waals surface area contributed by atoms with Crippen LogP contribution in [0.15, 0.2) is 64.6 Å². The van der Waals surface area contributed by atoms with Crippen molar-refractivity contribution in [1.82, 2.24) is 19.1 Å². The molecule has 0 amide bonds. The zero-order valence-electron chi connectivity index (χ0n) is 19.4. The minimum absolute atomic E-state index is 0.0671. The predicted molar refractivity (Wildman–Crippen MR) is 134 cm³/mol. The maximum Gasteiger partial charge on any atom is 0.243 e. The number of hydrogen-bond donors (Lipinski definition) is 0. The molecule has 1 saturated heterocycles. The first kappa shape index (κ1) is 24.6. The molecule has 0 aliphatic carbocycles. The highest BCUT2D eigenvalue weighted by molar-refractivity contribution is 7.99. The van der Waals surface area contributed by atoms with E-state index < -0.39 is 10.0 Å². The molecule has 4 rings (SSSR count). The minimum Gasteiger partial charge on any atom is -0.306 e. The Labute approximate surface area is 205 Å². The van der Waals surface area contributed by atoms with Crippen LogP contribution in [0.5, 0.6) is 0 Å². The summed E-state index contributed by atoms with van der Waals surface area (Å²) in [5.41, 5.74) is 1.66. The zero-order chi connectivity index (χ0) is 24.0. The molecule has 0 unspecified atom stereocenters. The van der Waals surface area contributed by atoms with E-state index in [2.05, 4.69) is 33.8 Å². The third-order valence-electron chi connectivity index (χ3n) is 5.91. The first-order valence-electron chi connectivity index (χ1n) is 11.7. The lowest BCUT2D eigenvalue weighted by Crippen LogP contribution is -2.35. The van der Waals surface area contributed by atoms with E-state index in [1.54, 1.807) is 24.3 Å². The van der Waals surface area contributed by atoms with Crippen LogP contribution >= 0.6 is 11.8 Å². The number of piperidine rings is 1. The van der Waals surface area contributed by atoms with Crippen molar-refractivity contribution in [2.75, 3.05) is 18.8 Å². The normalized spacial score (nSPS) is 14.9. The molecule has 0 N–H and O–H groups in total. The number of thioether (sulfide) groups is 1. The van der Waals surface area contributed by atoms with E-state index in [1.807, 2.05) is 18.2 Å². The van der Waals surface area contributed by atoms with E-state index in [0.29, 0.717) is 25.1 Å². The van der Waals surface area contributed by atoms with Crippen LogP contribution in [0.2, 0.25) is 0 Å². The quantitative estimate of drug-likeness (QED) is 0.304. The number of carbonyl (C=O) groups excluding carboxylic acids is 1. The molecular weight excluding hydrogens is 468 g/mol. The summed E-state index contributed by atoms with van der Waals surface area (Å²) in [6.07, 6.45) is 4.48. The van der Waals surface area contributed by atoms with Gasteiger partial charge in [0.2, 0.25) is 10.0 Å². The third-order valence-corrected chi connectivity index (χ3v) is 8.79. The summed E-state index contributed by atoms with van der Waals surface area (Å²) in [7, 11) is -3.50. The Morgan fingerprint density at radius 3 is 2.35 bits per heavy atom. The lowest BCUT2D eigenvalue weighted by molar-refractivity contribution is 0.102. The Kier molecular flexibility index (Phi) is 8.18. The van der Waals surface area contributed by atoms with E-state index in [1.165, 1.54) is 21.6 Å². The van der Waals surface area contributed by atoms with E-state index in [0.717, 1.165) is 43.2 Å². The van der Waals surface area contributed by atoms with Crippen LogP contribution in [0.25, 0.3) is 0 Å². The van der Waals surface area contributed by atoms with E-state index in [-0.39, 0.29) is 16.4 Å². The Morgan fingerprint density at radius 2 is 1.68 bits per heavy atom. The molecule has 0 atom stereocenters. The highest BCUT2D eigenvalue weighted by atomic mass is 32.2. The van der Waals surface area contributed by atoms with Crippen molar-refractivity contribution in [1.29, 1.82) is 0 Å². The molecule has 0 saturated carbocycles. The smallest absolute Gasteiger partial charge is 0.243 e. The molecule has 1 aliphatic heterocycles. The van der Waals surface area contributed by atoms with Gasteiger partial charge in [0, 0.05) is 31.6 Å². The van der Waals surface area contributed by atoms with Crippen molar-refractivity contribution < 1.29 is 13.2 Å². The van der Waals surface area contributed by atoms with Crippen LogP contribution < -0.4 is 0 Å². The number of ketones is 1. The molecule has 34 heavy (non-hydrogen) atoms. The summed E-state index contributed by atoms with van der Waals surface area (Å²) >= 11 is 1.37. The SMILES string of the molecule is CCCn1c(Cc2ccccc2)nnc1SCC(=O)c1ccc(S(=O)(=O)N2CCCCC2)cc1. The van der Waals surface area contributed by atoms with Gasteiger partial charge in [-0.1, -0.05) is 67.6 Å². The Morgan fingerprint density at radius 1 is 0.971 bits per heavy atom. The second kappa shape index (κ2) is 11.3. The van der Waals surface area contributed by atoms with Crippen molar-refractivity contribution in [2.45, 2.75) is 55.6 Å². The zero-order valence-corrected chi connectivity index (χ0v) is 21.0. The molecule has 9 heteroatoms. The Balaban J connectivity index is 1.41. The lowest BCUT2D eigenvalue weighted by Gasteiger charge is -2.25. The van der Waals surface area contributed by atoms with Crippen molar-refractivity contribution in [3.63, 3.8) is 0 Å². The standard InChI is InChI=1S/C25H30N4O3S2/c1-2-15-29-24(18-20-9-5-3-6-10-20)26-27-25(29)33-19-23(30)21-11-13-22(14-12-21)34(31,32)28-16-7-4-8-17-28/h3,5-6,9-14H,2,4,7-8,15-19H2,1H3. The fourth-order valence-corrected chi connectivity index (χ4v) is 6.46. The van der Waals surface area contributed by atoms with Gasteiger partial charge in [-0.15, -0.1) is 10.2 Å². The molecule has 180 valence electrons. The molecule has 0 spiro atoms. The number of hydrogen-bond acceptors (Lipinski definition) is 6. The monoisotopic (exact) mass is 498 g/mol. The number of nitrogens with zero attached hydrogens (tertiary/aromatic N) is 4. The van der Waals surface area contributed by atoms with E-state index in [4.69, 9.17) is 0 Å². The summed E-state index contributed by atoms with van der Waals surface area (Å²) in [6.45, 7) is 4.01. The highest BCUT2D eigenvalue weighted by Crippen LogP contribution is 2.23. The van der Waals surface area contributed by atoms with Crippen LogP contribution in [-0.4, -0.2) is 52.1 Å². The summed E-state index contributed by atoms with van der Waals surface area (Å²) in [4.78, 5) is 13.1. The van der Waals surface area contributed by atoms with Crippen LogP contribution in [0, 0.1) is 0 Å². The van der Waals surface area contributed by atoms with Crippen molar-refractivity contribution >= 4 is 27.6 Å². The third kappa shape index (κ3) is 5.76. The lowest BCUT2D eigenvalue weighted by atomic mass is 10.1. The maximum atomic E-state index is 12.8. The van der Waals surface area contributed by atoms with Gasteiger partial charge in [0.1, 0.15) is 5.82 Å². The van der Waals surface area contributed by atoms with Gasteiger partial charge in [0.05, 0.1) is 10.6 Å². The second-order valence-electron chi connectivity index (χ2n) is 8.41.